The summed E-state index contributed by atoms with van der Waals surface area (Å²) in [5.74, 6) is 1.33. The Bertz CT molecular complexity index is 588. The highest BCUT2D eigenvalue weighted by atomic mass is 35.5. The summed E-state index contributed by atoms with van der Waals surface area (Å²) in [6, 6.07) is 10.1. The molecule has 0 spiro atoms. The second-order valence-electron chi connectivity index (χ2n) is 8.24. The van der Waals surface area contributed by atoms with Crippen molar-refractivity contribution in [2.45, 2.75) is 57.0 Å². The van der Waals surface area contributed by atoms with Crippen molar-refractivity contribution in [1.29, 1.82) is 0 Å². The molecule has 0 unspecified atom stereocenters. The van der Waals surface area contributed by atoms with E-state index in [2.05, 4.69) is 20.8 Å². The van der Waals surface area contributed by atoms with E-state index < -0.39 is 4.77 Å². The lowest BCUT2D eigenvalue weighted by atomic mass is 9.43. The molecule has 5 atom stereocenters. The maximum atomic E-state index is 6.88. The van der Waals surface area contributed by atoms with Gasteiger partial charge in [-0.25, -0.2) is 0 Å². The van der Waals surface area contributed by atoms with E-state index in [1.807, 2.05) is 37.3 Å². The summed E-state index contributed by atoms with van der Waals surface area (Å²) in [6.45, 7) is 8.99. The second kappa shape index (κ2) is 4.52. The Balaban J connectivity index is 1.63. The fraction of sp³-hybridized carbons (Fsp3) is 0.667. The van der Waals surface area contributed by atoms with Crippen molar-refractivity contribution >= 4 is 18.7 Å². The summed E-state index contributed by atoms with van der Waals surface area (Å²) in [6.07, 6.45) is 2.54. The maximum absolute atomic E-state index is 6.88. The van der Waals surface area contributed by atoms with Crippen molar-refractivity contribution in [3.63, 3.8) is 0 Å². The van der Waals surface area contributed by atoms with Gasteiger partial charge in [-0.1, -0.05) is 44.2 Å². The molecular weight excluding hydrogens is 294 g/mol. The normalized spacial score (nSPS) is 41.5. The first kappa shape index (κ1) is 15.0. The van der Waals surface area contributed by atoms with Crippen LogP contribution in [0.15, 0.2) is 30.3 Å². The van der Waals surface area contributed by atoms with Gasteiger partial charge in [0.1, 0.15) is 4.77 Å². The van der Waals surface area contributed by atoms with E-state index in [1.165, 1.54) is 6.42 Å². The maximum Gasteiger partial charge on any atom is 0.484 e. The van der Waals surface area contributed by atoms with Crippen LogP contribution in [0.4, 0.5) is 0 Å². The van der Waals surface area contributed by atoms with E-state index >= 15 is 0 Å². The zero-order valence-corrected chi connectivity index (χ0v) is 14.6. The highest BCUT2D eigenvalue weighted by Crippen LogP contribution is 2.66. The van der Waals surface area contributed by atoms with Gasteiger partial charge in [-0.2, -0.15) is 0 Å². The SMILES string of the molecule is CC1(C)[C@@H]2C[C@H]3OB([C@](C)(Cl)c4ccccc4)O[C@@]3(C)[C@H]1C2. The van der Waals surface area contributed by atoms with Gasteiger partial charge in [0.15, 0.2) is 0 Å². The van der Waals surface area contributed by atoms with Crippen LogP contribution in [-0.2, 0) is 14.1 Å². The third-order valence-corrected chi connectivity index (χ3v) is 7.13. The third kappa shape index (κ3) is 1.82. The number of hydrogen-bond acceptors (Lipinski definition) is 2. The number of alkyl halides is 1. The van der Waals surface area contributed by atoms with Gasteiger partial charge in [0.2, 0.25) is 0 Å². The van der Waals surface area contributed by atoms with E-state index in [0.717, 1.165) is 17.9 Å². The Morgan fingerprint density at radius 1 is 1.18 bits per heavy atom. The zero-order chi connectivity index (χ0) is 15.8. The molecule has 0 N–H and O–H groups in total. The predicted octanol–water partition coefficient (Wildman–Crippen LogP) is 4.41. The Morgan fingerprint density at radius 3 is 2.50 bits per heavy atom. The van der Waals surface area contributed by atoms with E-state index in [1.54, 1.807) is 0 Å². The molecule has 22 heavy (non-hydrogen) atoms. The summed E-state index contributed by atoms with van der Waals surface area (Å²) in [4.78, 5) is 0. The number of hydrogen-bond donors (Lipinski definition) is 0. The minimum atomic E-state index is -0.657. The number of benzene rings is 1. The monoisotopic (exact) mass is 318 g/mol. The van der Waals surface area contributed by atoms with Gasteiger partial charge in [0, 0.05) is 0 Å². The van der Waals surface area contributed by atoms with Crippen LogP contribution in [0.25, 0.3) is 0 Å². The molecule has 1 aromatic rings. The van der Waals surface area contributed by atoms with E-state index in [0.29, 0.717) is 11.3 Å². The van der Waals surface area contributed by atoms with Crippen LogP contribution in [-0.4, -0.2) is 18.8 Å². The largest absolute Gasteiger partial charge is 0.484 e. The zero-order valence-electron chi connectivity index (χ0n) is 13.8. The Morgan fingerprint density at radius 2 is 1.86 bits per heavy atom. The van der Waals surface area contributed by atoms with Crippen LogP contribution in [0.2, 0.25) is 0 Å². The van der Waals surface area contributed by atoms with Gasteiger partial charge < -0.3 is 9.31 Å². The summed E-state index contributed by atoms with van der Waals surface area (Å²) < 4.78 is 12.2. The molecule has 1 aliphatic heterocycles. The average Bonchev–Trinajstić information content (AvgIpc) is 2.85. The molecule has 3 aliphatic carbocycles. The summed E-state index contributed by atoms with van der Waals surface area (Å²) >= 11 is 6.88. The quantitative estimate of drug-likeness (QED) is 0.594. The Kier molecular flexibility index (Phi) is 3.09. The molecule has 5 rings (SSSR count). The van der Waals surface area contributed by atoms with Gasteiger partial charge in [-0.05, 0) is 49.5 Å². The molecule has 2 bridgehead atoms. The van der Waals surface area contributed by atoms with Crippen LogP contribution in [0.1, 0.15) is 46.1 Å². The molecule has 0 aromatic heterocycles. The van der Waals surface area contributed by atoms with Crippen molar-refractivity contribution < 1.29 is 9.31 Å². The van der Waals surface area contributed by atoms with Crippen molar-refractivity contribution in [2.75, 3.05) is 0 Å². The van der Waals surface area contributed by atoms with Crippen molar-refractivity contribution in [1.82, 2.24) is 0 Å². The fourth-order valence-electron chi connectivity index (χ4n) is 5.00. The van der Waals surface area contributed by atoms with Crippen LogP contribution < -0.4 is 0 Å². The first-order valence-electron chi connectivity index (χ1n) is 8.34. The predicted molar refractivity (Wildman–Crippen MR) is 89.8 cm³/mol. The minimum Gasteiger partial charge on any atom is -0.404 e. The van der Waals surface area contributed by atoms with Crippen LogP contribution in [0, 0.1) is 17.3 Å². The highest BCUT2D eigenvalue weighted by molar-refractivity contribution is 6.62. The summed E-state index contributed by atoms with van der Waals surface area (Å²) in [5.41, 5.74) is 1.21. The molecule has 1 aromatic carbocycles. The first-order chi connectivity index (χ1) is 10.3. The highest BCUT2D eigenvalue weighted by Gasteiger charge is 2.69. The molecule has 2 nitrogen and oxygen atoms in total. The molecule has 0 radical (unpaired) electrons. The molecular formula is C18H24BClO2. The number of rotatable bonds is 2. The van der Waals surface area contributed by atoms with Crippen LogP contribution in [0.3, 0.4) is 0 Å². The first-order valence-corrected chi connectivity index (χ1v) is 8.72. The molecule has 3 saturated carbocycles. The molecule has 1 heterocycles. The topological polar surface area (TPSA) is 18.5 Å². The minimum absolute atomic E-state index is 0.177. The summed E-state index contributed by atoms with van der Waals surface area (Å²) in [7, 11) is -0.387. The molecule has 1 saturated heterocycles. The van der Waals surface area contributed by atoms with Gasteiger partial charge in [-0.3, -0.25) is 0 Å². The lowest BCUT2D eigenvalue weighted by Crippen LogP contribution is -2.65. The molecule has 4 aliphatic rings. The van der Waals surface area contributed by atoms with E-state index in [9.17, 15) is 0 Å². The van der Waals surface area contributed by atoms with Gasteiger partial charge in [-0.15, -0.1) is 11.6 Å². The fourth-order valence-corrected chi connectivity index (χ4v) is 5.22. The van der Waals surface area contributed by atoms with E-state index in [-0.39, 0.29) is 18.8 Å². The second-order valence-corrected chi connectivity index (χ2v) is 9.03. The van der Waals surface area contributed by atoms with Gasteiger partial charge in [0.25, 0.3) is 0 Å². The van der Waals surface area contributed by atoms with E-state index in [4.69, 9.17) is 20.9 Å². The van der Waals surface area contributed by atoms with Gasteiger partial charge in [0.05, 0.1) is 11.7 Å². The molecule has 4 heteroatoms. The van der Waals surface area contributed by atoms with Crippen molar-refractivity contribution in [3.8, 4) is 0 Å². The molecule has 0 amide bonds. The smallest absolute Gasteiger partial charge is 0.404 e. The van der Waals surface area contributed by atoms with Crippen molar-refractivity contribution in [3.05, 3.63) is 35.9 Å². The third-order valence-electron chi connectivity index (χ3n) is 6.73. The lowest BCUT2D eigenvalue weighted by Gasteiger charge is -2.64. The van der Waals surface area contributed by atoms with Crippen molar-refractivity contribution in [2.24, 2.45) is 17.3 Å². The average molecular weight is 319 g/mol. The Labute approximate surface area is 138 Å². The van der Waals surface area contributed by atoms with Crippen LogP contribution >= 0.6 is 11.6 Å². The molecule has 118 valence electrons. The van der Waals surface area contributed by atoms with Gasteiger partial charge >= 0.3 is 7.12 Å². The Hall–Kier alpha value is -0.505. The number of halogens is 1. The summed E-state index contributed by atoms with van der Waals surface area (Å²) in [5, 5.41) is 0. The molecule has 4 fully saturated rings. The van der Waals surface area contributed by atoms with Crippen LogP contribution in [0.5, 0.6) is 0 Å². The standard InChI is InChI=1S/C18H24BClO2/c1-16(2)13-10-14(16)17(3)15(11-13)21-19(22-17)18(4,20)12-8-6-5-7-9-12/h5-9,13-15H,10-11H2,1-4H3/t13-,14-,15+,17-,18+/m0/s1. The lowest BCUT2D eigenvalue weighted by molar-refractivity contribution is -0.199.